The lowest BCUT2D eigenvalue weighted by Crippen LogP contribution is -2.29. The molecule has 0 aliphatic carbocycles. The first-order valence-electron chi connectivity index (χ1n) is 9.89. The summed E-state index contributed by atoms with van der Waals surface area (Å²) in [5.74, 6) is 0.708. The fraction of sp³-hybridized carbons (Fsp3) is 0.333. The maximum Gasteiger partial charge on any atom is 0.160 e. The Morgan fingerprint density at radius 3 is 2.64 bits per heavy atom. The van der Waals surface area contributed by atoms with Gasteiger partial charge in [0.2, 0.25) is 0 Å². The number of aromatic hydroxyl groups is 1. The molecule has 0 bridgehead atoms. The van der Waals surface area contributed by atoms with Gasteiger partial charge in [-0.25, -0.2) is 0 Å². The minimum atomic E-state index is 0.195. The van der Waals surface area contributed by atoms with E-state index in [2.05, 4.69) is 59.8 Å². The van der Waals surface area contributed by atoms with Crippen LogP contribution < -0.4 is 4.74 Å². The average Bonchev–Trinajstić information content (AvgIpc) is 3.06. The predicted molar refractivity (Wildman–Crippen MR) is 112 cm³/mol. The molecule has 4 rings (SSSR count). The molecule has 1 aromatic heterocycles. The SMILES string of the molecule is COc1ccc(CN2CCCn3cccc3[C@@H]2c2ccc(C)c(C)c2)cc1O. The van der Waals surface area contributed by atoms with Gasteiger partial charge in [-0.1, -0.05) is 24.3 Å². The fourth-order valence-corrected chi connectivity index (χ4v) is 4.19. The number of hydrogen-bond acceptors (Lipinski definition) is 3. The maximum absolute atomic E-state index is 10.2. The molecule has 4 heteroatoms. The third kappa shape index (κ3) is 3.52. The van der Waals surface area contributed by atoms with E-state index in [1.54, 1.807) is 7.11 Å². The van der Waals surface area contributed by atoms with Crippen LogP contribution in [0.5, 0.6) is 11.5 Å². The van der Waals surface area contributed by atoms with Gasteiger partial charge >= 0.3 is 0 Å². The lowest BCUT2D eigenvalue weighted by atomic mass is 9.97. The molecule has 0 radical (unpaired) electrons. The zero-order valence-corrected chi connectivity index (χ0v) is 16.9. The fourth-order valence-electron chi connectivity index (χ4n) is 4.19. The van der Waals surface area contributed by atoms with Crippen LogP contribution in [0.4, 0.5) is 0 Å². The Morgan fingerprint density at radius 2 is 1.89 bits per heavy atom. The number of aromatic nitrogens is 1. The van der Waals surface area contributed by atoms with Crippen LogP contribution in [0.15, 0.2) is 54.7 Å². The summed E-state index contributed by atoms with van der Waals surface area (Å²) < 4.78 is 7.57. The molecule has 0 fully saturated rings. The quantitative estimate of drug-likeness (QED) is 0.710. The van der Waals surface area contributed by atoms with E-state index in [1.807, 2.05) is 18.2 Å². The van der Waals surface area contributed by atoms with Gasteiger partial charge in [0.15, 0.2) is 11.5 Å². The first-order valence-corrected chi connectivity index (χ1v) is 9.89. The number of fused-ring (bicyclic) bond motifs is 1. The van der Waals surface area contributed by atoms with Crippen LogP contribution in [0.3, 0.4) is 0 Å². The van der Waals surface area contributed by atoms with Crippen molar-refractivity contribution in [3.63, 3.8) is 0 Å². The van der Waals surface area contributed by atoms with E-state index in [1.165, 1.54) is 22.4 Å². The molecule has 0 unspecified atom stereocenters. The van der Waals surface area contributed by atoms with Gasteiger partial charge in [-0.2, -0.15) is 0 Å². The molecule has 1 aliphatic heterocycles. The molecule has 0 amide bonds. The number of benzene rings is 2. The van der Waals surface area contributed by atoms with Crippen molar-refractivity contribution in [3.05, 3.63) is 82.7 Å². The molecule has 146 valence electrons. The van der Waals surface area contributed by atoms with E-state index >= 15 is 0 Å². The molecular weight excluding hydrogens is 348 g/mol. The van der Waals surface area contributed by atoms with Crippen molar-refractivity contribution in [3.8, 4) is 11.5 Å². The highest BCUT2D eigenvalue weighted by atomic mass is 16.5. The Morgan fingerprint density at radius 1 is 1.04 bits per heavy atom. The molecule has 4 nitrogen and oxygen atoms in total. The van der Waals surface area contributed by atoms with E-state index in [4.69, 9.17) is 4.74 Å². The van der Waals surface area contributed by atoms with Crippen molar-refractivity contribution < 1.29 is 9.84 Å². The lowest BCUT2D eigenvalue weighted by Gasteiger charge is -2.31. The van der Waals surface area contributed by atoms with Crippen LogP contribution in [-0.2, 0) is 13.1 Å². The number of aryl methyl sites for hydroxylation is 3. The summed E-state index contributed by atoms with van der Waals surface area (Å²) in [6, 6.07) is 17.1. The molecule has 1 N–H and O–H groups in total. The number of ether oxygens (including phenoxy) is 1. The molecule has 1 aliphatic rings. The molecule has 0 spiro atoms. The Kier molecular flexibility index (Phi) is 5.14. The number of rotatable bonds is 4. The van der Waals surface area contributed by atoms with E-state index < -0.39 is 0 Å². The predicted octanol–water partition coefficient (Wildman–Crippen LogP) is 4.81. The average molecular weight is 377 g/mol. The number of methoxy groups -OCH3 is 1. The van der Waals surface area contributed by atoms with Crippen LogP contribution in [0.25, 0.3) is 0 Å². The molecule has 0 saturated heterocycles. The van der Waals surface area contributed by atoms with Crippen LogP contribution in [0, 0.1) is 13.8 Å². The number of nitrogens with zero attached hydrogens (tertiary/aromatic N) is 2. The van der Waals surface area contributed by atoms with Crippen molar-refractivity contribution in [1.82, 2.24) is 9.47 Å². The highest BCUT2D eigenvalue weighted by molar-refractivity contribution is 5.42. The van der Waals surface area contributed by atoms with Crippen molar-refractivity contribution >= 4 is 0 Å². The number of hydrogen-bond donors (Lipinski definition) is 1. The van der Waals surface area contributed by atoms with Crippen LogP contribution in [0.2, 0.25) is 0 Å². The summed E-state index contributed by atoms with van der Waals surface area (Å²) in [7, 11) is 1.58. The molecule has 3 aromatic rings. The van der Waals surface area contributed by atoms with Crippen LogP contribution in [-0.4, -0.2) is 28.2 Å². The largest absolute Gasteiger partial charge is 0.504 e. The van der Waals surface area contributed by atoms with E-state index in [0.717, 1.165) is 31.6 Å². The minimum absolute atomic E-state index is 0.195. The summed E-state index contributed by atoms with van der Waals surface area (Å²) in [5, 5.41) is 10.2. The number of phenolic OH excluding ortho intramolecular Hbond substituents is 1. The molecule has 28 heavy (non-hydrogen) atoms. The van der Waals surface area contributed by atoms with E-state index in [9.17, 15) is 5.11 Å². The highest BCUT2D eigenvalue weighted by Crippen LogP contribution is 2.35. The molecule has 2 heterocycles. The van der Waals surface area contributed by atoms with Crippen LogP contribution >= 0.6 is 0 Å². The first kappa shape index (κ1) is 18.6. The second-order valence-electron chi connectivity index (χ2n) is 7.70. The maximum atomic E-state index is 10.2. The Balaban J connectivity index is 1.73. The van der Waals surface area contributed by atoms with Gasteiger partial charge in [0.25, 0.3) is 0 Å². The van der Waals surface area contributed by atoms with Crippen molar-refractivity contribution in [2.45, 2.75) is 39.4 Å². The van der Waals surface area contributed by atoms with Gasteiger partial charge in [0, 0.05) is 31.5 Å². The normalized spacial score (nSPS) is 17.2. The van der Waals surface area contributed by atoms with Crippen molar-refractivity contribution in [2.75, 3.05) is 13.7 Å². The molecule has 2 aromatic carbocycles. The second-order valence-corrected chi connectivity index (χ2v) is 7.70. The Hall–Kier alpha value is -2.72. The van der Waals surface area contributed by atoms with Crippen molar-refractivity contribution in [2.24, 2.45) is 0 Å². The Bertz CT molecular complexity index is 976. The molecule has 0 saturated carbocycles. The molecular formula is C24H28N2O2. The third-order valence-electron chi connectivity index (χ3n) is 5.83. The lowest BCUT2D eigenvalue weighted by molar-refractivity contribution is 0.220. The summed E-state index contributed by atoms with van der Waals surface area (Å²) >= 11 is 0. The van der Waals surface area contributed by atoms with E-state index in [-0.39, 0.29) is 11.8 Å². The standard InChI is InChI=1S/C24H28N2O2/c1-17-7-9-20(14-18(17)2)24-21-6-4-11-25(21)12-5-13-26(24)16-19-8-10-23(28-3)22(27)15-19/h4,6-11,14-15,24,27H,5,12-13,16H2,1-3H3/t24-/m0/s1. The van der Waals surface area contributed by atoms with Gasteiger partial charge in [-0.05, 0) is 66.8 Å². The summed E-state index contributed by atoms with van der Waals surface area (Å²) in [4.78, 5) is 2.52. The van der Waals surface area contributed by atoms with Crippen molar-refractivity contribution in [1.29, 1.82) is 0 Å². The van der Waals surface area contributed by atoms with Crippen LogP contribution in [0.1, 0.15) is 40.4 Å². The minimum Gasteiger partial charge on any atom is -0.504 e. The highest BCUT2D eigenvalue weighted by Gasteiger charge is 2.27. The summed E-state index contributed by atoms with van der Waals surface area (Å²) in [6.45, 7) is 7.16. The van der Waals surface area contributed by atoms with Gasteiger partial charge in [0.05, 0.1) is 13.2 Å². The Labute approximate surface area is 167 Å². The summed E-state index contributed by atoms with van der Waals surface area (Å²) in [5.41, 5.74) is 6.38. The van der Waals surface area contributed by atoms with Gasteiger partial charge in [0.1, 0.15) is 0 Å². The van der Waals surface area contributed by atoms with Gasteiger partial charge < -0.3 is 14.4 Å². The first-order chi connectivity index (χ1) is 13.6. The van der Waals surface area contributed by atoms with Gasteiger partial charge in [-0.15, -0.1) is 0 Å². The zero-order valence-electron chi connectivity index (χ0n) is 16.9. The summed E-state index contributed by atoms with van der Waals surface area (Å²) in [6.07, 6.45) is 3.29. The topological polar surface area (TPSA) is 37.6 Å². The zero-order chi connectivity index (χ0) is 19.7. The smallest absolute Gasteiger partial charge is 0.160 e. The van der Waals surface area contributed by atoms with Gasteiger partial charge in [-0.3, -0.25) is 4.90 Å². The second kappa shape index (κ2) is 7.72. The monoisotopic (exact) mass is 376 g/mol. The van der Waals surface area contributed by atoms with E-state index in [0.29, 0.717) is 5.75 Å². The molecule has 1 atom stereocenters. The third-order valence-corrected chi connectivity index (χ3v) is 5.83. The number of phenols is 1.